The summed E-state index contributed by atoms with van der Waals surface area (Å²) in [6.45, 7) is 4.80. The number of rotatable bonds is 3. The molecule has 2 N–H and O–H groups in total. The van der Waals surface area contributed by atoms with E-state index in [0.717, 1.165) is 23.5 Å². The predicted octanol–water partition coefficient (Wildman–Crippen LogP) is 3.27. The van der Waals surface area contributed by atoms with Gasteiger partial charge < -0.3 is 10.1 Å². The van der Waals surface area contributed by atoms with Gasteiger partial charge in [0.1, 0.15) is 0 Å². The van der Waals surface area contributed by atoms with Crippen LogP contribution in [0.3, 0.4) is 0 Å². The fourth-order valence-electron chi connectivity index (χ4n) is 1.99. The molecule has 2 aromatic heterocycles. The number of nitrogens with zero attached hydrogens (tertiary/aromatic N) is 2. The zero-order valence-corrected chi connectivity index (χ0v) is 11.4. The van der Waals surface area contributed by atoms with Crippen molar-refractivity contribution in [3.05, 3.63) is 33.7 Å². The summed E-state index contributed by atoms with van der Waals surface area (Å²) in [4.78, 5) is 4.59. The van der Waals surface area contributed by atoms with Crippen molar-refractivity contribution in [2.75, 3.05) is 6.54 Å². The first-order valence-electron chi connectivity index (χ1n) is 5.60. The number of halogens is 2. The van der Waals surface area contributed by atoms with Crippen LogP contribution in [0.15, 0.2) is 12.3 Å². The SMILES string of the molecule is CC(C)c1nc2c(Cl)cc(Cl)cn2c1CCN. The van der Waals surface area contributed by atoms with Crippen molar-refractivity contribution < 1.29 is 0 Å². The number of fused-ring (bicyclic) bond motifs is 1. The van der Waals surface area contributed by atoms with Gasteiger partial charge in [0, 0.05) is 18.3 Å². The van der Waals surface area contributed by atoms with E-state index in [1.807, 2.05) is 10.6 Å². The van der Waals surface area contributed by atoms with Gasteiger partial charge in [-0.05, 0) is 18.5 Å². The third-order valence-electron chi connectivity index (χ3n) is 2.70. The molecule has 0 aliphatic heterocycles. The Morgan fingerprint density at radius 1 is 1.41 bits per heavy atom. The first-order chi connectivity index (χ1) is 8.04. The maximum Gasteiger partial charge on any atom is 0.156 e. The average Bonchev–Trinajstić information content (AvgIpc) is 2.58. The molecule has 2 aromatic rings. The Hall–Kier alpha value is -0.770. The third-order valence-corrected chi connectivity index (χ3v) is 3.18. The van der Waals surface area contributed by atoms with Crippen molar-refractivity contribution in [1.29, 1.82) is 0 Å². The van der Waals surface area contributed by atoms with Gasteiger partial charge in [0.25, 0.3) is 0 Å². The Bertz CT molecular complexity index is 546. The number of hydrogen-bond donors (Lipinski definition) is 1. The van der Waals surface area contributed by atoms with E-state index < -0.39 is 0 Å². The molecule has 0 amide bonds. The first-order valence-corrected chi connectivity index (χ1v) is 6.36. The monoisotopic (exact) mass is 271 g/mol. The lowest BCUT2D eigenvalue weighted by Gasteiger charge is -2.06. The Morgan fingerprint density at radius 2 is 2.12 bits per heavy atom. The van der Waals surface area contributed by atoms with Crippen LogP contribution in [0.4, 0.5) is 0 Å². The van der Waals surface area contributed by atoms with Gasteiger partial charge in [0.15, 0.2) is 5.65 Å². The van der Waals surface area contributed by atoms with Gasteiger partial charge >= 0.3 is 0 Å². The van der Waals surface area contributed by atoms with Crippen molar-refractivity contribution in [2.24, 2.45) is 5.73 Å². The van der Waals surface area contributed by atoms with Crippen LogP contribution < -0.4 is 5.73 Å². The minimum absolute atomic E-state index is 0.339. The number of pyridine rings is 1. The molecule has 5 heteroatoms. The highest BCUT2D eigenvalue weighted by Gasteiger charge is 2.16. The highest BCUT2D eigenvalue weighted by Crippen LogP contribution is 2.27. The largest absolute Gasteiger partial charge is 0.330 e. The summed E-state index contributed by atoms with van der Waals surface area (Å²) in [5, 5.41) is 1.18. The molecule has 0 unspecified atom stereocenters. The topological polar surface area (TPSA) is 43.3 Å². The fourth-order valence-corrected chi connectivity index (χ4v) is 2.50. The molecule has 0 radical (unpaired) electrons. The van der Waals surface area contributed by atoms with Crippen LogP contribution in [-0.2, 0) is 6.42 Å². The molecule has 0 atom stereocenters. The van der Waals surface area contributed by atoms with Gasteiger partial charge in [-0.1, -0.05) is 37.0 Å². The van der Waals surface area contributed by atoms with E-state index in [1.165, 1.54) is 0 Å². The molecule has 0 aliphatic carbocycles. The highest BCUT2D eigenvalue weighted by atomic mass is 35.5. The second kappa shape index (κ2) is 4.84. The predicted molar refractivity (Wildman–Crippen MR) is 72.1 cm³/mol. The molecular weight excluding hydrogens is 257 g/mol. The third kappa shape index (κ3) is 2.28. The molecule has 3 nitrogen and oxygen atoms in total. The van der Waals surface area contributed by atoms with Gasteiger partial charge in [-0.15, -0.1) is 0 Å². The summed E-state index contributed by atoms with van der Waals surface area (Å²) in [5.41, 5.74) is 8.54. The number of nitrogens with two attached hydrogens (primary N) is 1. The van der Waals surface area contributed by atoms with Crippen molar-refractivity contribution in [3.8, 4) is 0 Å². The molecule has 0 saturated carbocycles. The maximum absolute atomic E-state index is 6.15. The standard InChI is InChI=1S/C12H15Cl2N3/c1-7(2)11-10(3-4-15)17-6-8(13)5-9(14)12(17)16-11/h5-7H,3-4,15H2,1-2H3. The molecule has 0 aromatic carbocycles. The van der Waals surface area contributed by atoms with Gasteiger partial charge in [0.2, 0.25) is 0 Å². The zero-order chi connectivity index (χ0) is 12.6. The quantitative estimate of drug-likeness (QED) is 0.931. The summed E-state index contributed by atoms with van der Waals surface area (Å²) in [5.74, 6) is 0.339. The normalized spacial score (nSPS) is 11.6. The lowest BCUT2D eigenvalue weighted by Crippen LogP contribution is -2.08. The van der Waals surface area contributed by atoms with Crippen LogP contribution in [0.2, 0.25) is 10.0 Å². The van der Waals surface area contributed by atoms with E-state index in [4.69, 9.17) is 28.9 Å². The van der Waals surface area contributed by atoms with Crippen LogP contribution >= 0.6 is 23.2 Å². The Morgan fingerprint density at radius 3 is 2.71 bits per heavy atom. The molecule has 2 heterocycles. The minimum Gasteiger partial charge on any atom is -0.330 e. The molecule has 0 aliphatic rings. The van der Waals surface area contributed by atoms with Crippen LogP contribution in [0.5, 0.6) is 0 Å². The van der Waals surface area contributed by atoms with Crippen molar-refractivity contribution in [1.82, 2.24) is 9.38 Å². The summed E-state index contributed by atoms with van der Waals surface area (Å²) in [6.07, 6.45) is 2.61. The summed E-state index contributed by atoms with van der Waals surface area (Å²) >= 11 is 12.2. The second-order valence-electron chi connectivity index (χ2n) is 4.34. The molecule has 2 rings (SSSR count). The Labute approximate surface area is 111 Å². The van der Waals surface area contributed by atoms with Gasteiger partial charge in [0.05, 0.1) is 15.7 Å². The smallest absolute Gasteiger partial charge is 0.156 e. The minimum atomic E-state index is 0.339. The maximum atomic E-state index is 6.15. The van der Waals surface area contributed by atoms with Crippen LogP contribution in [-0.4, -0.2) is 15.9 Å². The lowest BCUT2D eigenvalue weighted by atomic mass is 10.1. The van der Waals surface area contributed by atoms with E-state index in [9.17, 15) is 0 Å². The molecule has 92 valence electrons. The molecule has 0 fully saturated rings. The van der Waals surface area contributed by atoms with Gasteiger partial charge in [-0.3, -0.25) is 0 Å². The lowest BCUT2D eigenvalue weighted by molar-refractivity contribution is 0.791. The van der Waals surface area contributed by atoms with Gasteiger partial charge in [-0.2, -0.15) is 0 Å². The van der Waals surface area contributed by atoms with Crippen molar-refractivity contribution >= 4 is 28.8 Å². The Kier molecular flexibility index (Phi) is 3.61. The van der Waals surface area contributed by atoms with Crippen LogP contribution in [0, 0.1) is 0 Å². The molecule has 0 saturated heterocycles. The summed E-state index contributed by atoms with van der Waals surface area (Å²) in [7, 11) is 0. The fraction of sp³-hybridized carbons (Fsp3) is 0.417. The first kappa shape index (κ1) is 12.7. The second-order valence-corrected chi connectivity index (χ2v) is 5.18. The summed E-state index contributed by atoms with van der Waals surface area (Å²) < 4.78 is 1.95. The average molecular weight is 272 g/mol. The van der Waals surface area contributed by atoms with E-state index in [2.05, 4.69) is 18.8 Å². The van der Waals surface area contributed by atoms with Gasteiger partial charge in [-0.25, -0.2) is 4.98 Å². The highest BCUT2D eigenvalue weighted by molar-refractivity contribution is 6.36. The molecule has 17 heavy (non-hydrogen) atoms. The van der Waals surface area contributed by atoms with Crippen molar-refractivity contribution in [2.45, 2.75) is 26.2 Å². The van der Waals surface area contributed by atoms with Crippen molar-refractivity contribution in [3.63, 3.8) is 0 Å². The van der Waals surface area contributed by atoms with Crippen LogP contribution in [0.25, 0.3) is 5.65 Å². The summed E-state index contributed by atoms with van der Waals surface area (Å²) in [6, 6.07) is 1.71. The van der Waals surface area contributed by atoms with E-state index in [1.54, 1.807) is 6.07 Å². The van der Waals surface area contributed by atoms with E-state index in [-0.39, 0.29) is 0 Å². The van der Waals surface area contributed by atoms with E-state index in [0.29, 0.717) is 22.5 Å². The molecule has 0 bridgehead atoms. The molecular formula is C12H15Cl2N3. The van der Waals surface area contributed by atoms with Crippen LogP contribution in [0.1, 0.15) is 31.2 Å². The number of aromatic nitrogens is 2. The Balaban J connectivity index is 2.75. The zero-order valence-electron chi connectivity index (χ0n) is 9.87. The number of hydrogen-bond acceptors (Lipinski definition) is 2. The van der Waals surface area contributed by atoms with E-state index >= 15 is 0 Å². The molecule has 0 spiro atoms. The number of imidazole rings is 1.